The van der Waals surface area contributed by atoms with E-state index in [0.29, 0.717) is 0 Å². The maximum absolute atomic E-state index is 11.0. The SMILES string of the molecule is CC(CC1(C=O)CCC1)C1CCC1. The molecule has 1 atom stereocenters. The van der Waals surface area contributed by atoms with E-state index in [-0.39, 0.29) is 5.41 Å². The highest BCUT2D eigenvalue weighted by molar-refractivity contribution is 5.60. The van der Waals surface area contributed by atoms with Crippen molar-refractivity contribution in [1.29, 1.82) is 0 Å². The molecule has 1 unspecified atom stereocenters. The summed E-state index contributed by atoms with van der Waals surface area (Å²) in [7, 11) is 0. The Bertz CT molecular complexity index is 189. The molecule has 0 aromatic rings. The molecule has 0 spiro atoms. The van der Waals surface area contributed by atoms with Crippen LogP contribution < -0.4 is 0 Å². The molecule has 13 heavy (non-hydrogen) atoms. The van der Waals surface area contributed by atoms with Crippen molar-refractivity contribution < 1.29 is 4.79 Å². The van der Waals surface area contributed by atoms with Crippen molar-refractivity contribution in [3.05, 3.63) is 0 Å². The van der Waals surface area contributed by atoms with Crippen LogP contribution in [0.2, 0.25) is 0 Å². The minimum absolute atomic E-state index is 0.120. The topological polar surface area (TPSA) is 17.1 Å². The molecule has 0 N–H and O–H groups in total. The van der Waals surface area contributed by atoms with Crippen LogP contribution in [-0.4, -0.2) is 6.29 Å². The molecule has 1 heteroatoms. The summed E-state index contributed by atoms with van der Waals surface area (Å²) in [5.74, 6) is 1.73. The van der Waals surface area contributed by atoms with Gasteiger partial charge in [0.25, 0.3) is 0 Å². The molecular formula is C12H20O. The van der Waals surface area contributed by atoms with Crippen LogP contribution in [0, 0.1) is 17.3 Å². The van der Waals surface area contributed by atoms with E-state index >= 15 is 0 Å². The average molecular weight is 180 g/mol. The molecule has 0 bridgehead atoms. The van der Waals surface area contributed by atoms with E-state index < -0.39 is 0 Å². The van der Waals surface area contributed by atoms with Gasteiger partial charge in [-0.1, -0.05) is 32.6 Å². The molecule has 0 saturated heterocycles. The first-order valence-corrected chi connectivity index (χ1v) is 5.72. The van der Waals surface area contributed by atoms with E-state index in [9.17, 15) is 4.79 Å². The molecule has 2 aliphatic rings. The third kappa shape index (κ3) is 1.66. The van der Waals surface area contributed by atoms with Crippen molar-refractivity contribution in [2.24, 2.45) is 17.3 Å². The lowest BCUT2D eigenvalue weighted by Gasteiger charge is -2.42. The predicted octanol–water partition coefficient (Wildman–Crippen LogP) is 3.18. The first-order chi connectivity index (χ1) is 6.26. The summed E-state index contributed by atoms with van der Waals surface area (Å²) in [6.45, 7) is 2.34. The Hall–Kier alpha value is -0.330. The maximum Gasteiger partial charge on any atom is 0.126 e. The zero-order valence-electron chi connectivity index (χ0n) is 8.59. The van der Waals surface area contributed by atoms with Gasteiger partial charge >= 0.3 is 0 Å². The van der Waals surface area contributed by atoms with Crippen LogP contribution in [0.25, 0.3) is 0 Å². The van der Waals surface area contributed by atoms with Crippen LogP contribution in [0.5, 0.6) is 0 Å². The number of rotatable bonds is 4. The van der Waals surface area contributed by atoms with Gasteiger partial charge in [0, 0.05) is 5.41 Å². The maximum atomic E-state index is 11.0. The standard InChI is InChI=1S/C12H20O/c1-10(11-4-2-5-11)8-12(9-13)6-3-7-12/h9-11H,2-8H2,1H3. The molecule has 0 heterocycles. The molecule has 2 fully saturated rings. The van der Waals surface area contributed by atoms with E-state index in [2.05, 4.69) is 6.92 Å². The Morgan fingerprint density at radius 1 is 1.38 bits per heavy atom. The predicted molar refractivity (Wildman–Crippen MR) is 53.5 cm³/mol. The number of hydrogen-bond acceptors (Lipinski definition) is 1. The lowest BCUT2D eigenvalue weighted by molar-refractivity contribution is -0.122. The van der Waals surface area contributed by atoms with Crippen molar-refractivity contribution in [2.75, 3.05) is 0 Å². The molecule has 2 saturated carbocycles. The molecule has 2 aliphatic carbocycles. The lowest BCUT2D eigenvalue weighted by atomic mass is 9.62. The molecule has 0 aliphatic heterocycles. The average Bonchev–Trinajstić information content (AvgIpc) is 1.93. The minimum atomic E-state index is 0.120. The number of aldehydes is 1. The van der Waals surface area contributed by atoms with Gasteiger partial charge in [0.15, 0.2) is 0 Å². The number of carbonyl (C=O) groups excluding carboxylic acids is 1. The lowest BCUT2D eigenvalue weighted by Crippen LogP contribution is -2.35. The second-order valence-electron chi connectivity index (χ2n) is 5.21. The fraction of sp³-hybridized carbons (Fsp3) is 0.917. The van der Waals surface area contributed by atoms with Crippen LogP contribution in [0.1, 0.15) is 51.9 Å². The second kappa shape index (κ2) is 3.43. The fourth-order valence-electron chi connectivity index (χ4n) is 2.82. The normalized spacial score (nSPS) is 28.7. The van der Waals surface area contributed by atoms with Gasteiger partial charge in [0.2, 0.25) is 0 Å². The summed E-state index contributed by atoms with van der Waals surface area (Å²) in [6.07, 6.45) is 10.2. The third-order valence-corrected chi connectivity index (χ3v) is 4.28. The largest absolute Gasteiger partial charge is 0.303 e. The molecule has 1 nitrogen and oxygen atoms in total. The molecule has 74 valence electrons. The van der Waals surface area contributed by atoms with Crippen molar-refractivity contribution >= 4 is 6.29 Å². The van der Waals surface area contributed by atoms with E-state index in [0.717, 1.165) is 24.7 Å². The minimum Gasteiger partial charge on any atom is -0.303 e. The smallest absolute Gasteiger partial charge is 0.126 e. The van der Waals surface area contributed by atoms with Crippen molar-refractivity contribution in [3.8, 4) is 0 Å². The first kappa shape index (κ1) is 9.23. The van der Waals surface area contributed by atoms with Crippen LogP contribution in [0.3, 0.4) is 0 Å². The van der Waals surface area contributed by atoms with E-state index in [1.165, 1.54) is 38.4 Å². The summed E-state index contributed by atoms with van der Waals surface area (Å²) in [5.41, 5.74) is 0.120. The zero-order chi connectivity index (χ0) is 9.31. The molecule has 0 amide bonds. The second-order valence-corrected chi connectivity index (χ2v) is 5.21. The van der Waals surface area contributed by atoms with E-state index in [1.807, 2.05) is 0 Å². The quantitative estimate of drug-likeness (QED) is 0.607. The molecular weight excluding hydrogens is 160 g/mol. The van der Waals surface area contributed by atoms with Crippen molar-refractivity contribution in [3.63, 3.8) is 0 Å². The summed E-state index contributed by atoms with van der Waals surface area (Å²) < 4.78 is 0. The Kier molecular flexibility index (Phi) is 2.44. The van der Waals surface area contributed by atoms with Crippen LogP contribution in [-0.2, 0) is 4.79 Å². The highest BCUT2D eigenvalue weighted by Crippen LogP contribution is 2.47. The molecule has 0 aromatic heterocycles. The highest BCUT2D eigenvalue weighted by atomic mass is 16.1. The van der Waals surface area contributed by atoms with Crippen LogP contribution in [0.15, 0.2) is 0 Å². The van der Waals surface area contributed by atoms with Gasteiger partial charge in [0.05, 0.1) is 0 Å². The van der Waals surface area contributed by atoms with E-state index in [4.69, 9.17) is 0 Å². The highest BCUT2D eigenvalue weighted by Gasteiger charge is 2.39. The molecule has 0 radical (unpaired) electrons. The fourth-order valence-corrected chi connectivity index (χ4v) is 2.82. The van der Waals surface area contributed by atoms with Crippen LogP contribution in [0.4, 0.5) is 0 Å². The van der Waals surface area contributed by atoms with Gasteiger partial charge in [-0.05, 0) is 31.1 Å². The Labute approximate surface area is 80.9 Å². The summed E-state index contributed by atoms with van der Waals surface area (Å²) in [5, 5.41) is 0. The molecule has 0 aromatic carbocycles. The van der Waals surface area contributed by atoms with Gasteiger partial charge in [-0.3, -0.25) is 0 Å². The third-order valence-electron chi connectivity index (χ3n) is 4.28. The Morgan fingerprint density at radius 2 is 2.08 bits per heavy atom. The van der Waals surface area contributed by atoms with Gasteiger partial charge < -0.3 is 4.79 Å². The Morgan fingerprint density at radius 3 is 2.38 bits per heavy atom. The van der Waals surface area contributed by atoms with Crippen molar-refractivity contribution in [1.82, 2.24) is 0 Å². The van der Waals surface area contributed by atoms with Gasteiger partial charge in [-0.25, -0.2) is 0 Å². The first-order valence-electron chi connectivity index (χ1n) is 5.72. The van der Waals surface area contributed by atoms with Gasteiger partial charge in [-0.15, -0.1) is 0 Å². The number of hydrogen-bond donors (Lipinski definition) is 0. The Balaban J connectivity index is 1.84. The van der Waals surface area contributed by atoms with Gasteiger partial charge in [0.1, 0.15) is 6.29 Å². The summed E-state index contributed by atoms with van der Waals surface area (Å²) >= 11 is 0. The van der Waals surface area contributed by atoms with Gasteiger partial charge in [-0.2, -0.15) is 0 Å². The number of carbonyl (C=O) groups is 1. The molecule has 2 rings (SSSR count). The summed E-state index contributed by atoms with van der Waals surface area (Å²) in [4.78, 5) is 11.0. The van der Waals surface area contributed by atoms with Crippen LogP contribution >= 0.6 is 0 Å². The zero-order valence-corrected chi connectivity index (χ0v) is 8.59. The summed E-state index contributed by atoms with van der Waals surface area (Å²) in [6, 6.07) is 0. The monoisotopic (exact) mass is 180 g/mol. The van der Waals surface area contributed by atoms with Crippen molar-refractivity contribution in [2.45, 2.75) is 51.9 Å². The van der Waals surface area contributed by atoms with E-state index in [1.54, 1.807) is 0 Å².